The van der Waals surface area contributed by atoms with Gasteiger partial charge in [0.1, 0.15) is 7.05 Å². The van der Waals surface area contributed by atoms with Crippen molar-refractivity contribution >= 4 is 22.7 Å². The second kappa shape index (κ2) is 8.66. The summed E-state index contributed by atoms with van der Waals surface area (Å²) < 4.78 is 2.01. The Labute approximate surface area is 157 Å². The maximum Gasteiger partial charge on any atom is 0.269 e. The molecule has 0 bridgehead atoms. The molecule has 0 spiro atoms. The highest BCUT2D eigenvalue weighted by molar-refractivity contribution is 5.51. The second-order valence-electron chi connectivity index (χ2n) is 6.07. The quantitative estimate of drug-likeness (QED) is 0.291. The van der Waals surface area contributed by atoms with Gasteiger partial charge < -0.3 is 5.32 Å². The molecule has 7 heteroatoms. The van der Waals surface area contributed by atoms with Crippen molar-refractivity contribution in [1.82, 2.24) is 0 Å². The van der Waals surface area contributed by atoms with Crippen LogP contribution in [-0.2, 0) is 13.5 Å². The standard InChI is InChI=1S/C20H20N5O2/c1-24-14-11-16(12-15-24)10-13-21-17-2-4-18(5-3-17)22-23-19-6-8-20(9-7-19)25(26)27/h2-9,11-12,14-15,21H,10,13H2,1H3/q+1. The van der Waals surface area contributed by atoms with E-state index in [1.54, 1.807) is 12.1 Å². The Bertz CT molecular complexity index is 920. The smallest absolute Gasteiger partial charge is 0.269 e. The second-order valence-corrected chi connectivity index (χ2v) is 6.07. The zero-order valence-electron chi connectivity index (χ0n) is 14.9. The predicted octanol–water partition coefficient (Wildman–Crippen LogP) is 4.49. The van der Waals surface area contributed by atoms with Gasteiger partial charge in [-0.05, 0) is 48.4 Å². The minimum absolute atomic E-state index is 0.0359. The number of rotatable bonds is 7. The van der Waals surface area contributed by atoms with Crippen LogP contribution in [0.25, 0.3) is 0 Å². The third-order valence-electron chi connectivity index (χ3n) is 4.00. The fourth-order valence-corrected chi connectivity index (χ4v) is 2.45. The van der Waals surface area contributed by atoms with Crippen LogP contribution in [0, 0.1) is 10.1 Å². The van der Waals surface area contributed by atoms with Gasteiger partial charge in [0.25, 0.3) is 5.69 Å². The van der Waals surface area contributed by atoms with Crippen molar-refractivity contribution in [2.24, 2.45) is 17.3 Å². The summed E-state index contributed by atoms with van der Waals surface area (Å²) >= 11 is 0. The predicted molar refractivity (Wildman–Crippen MR) is 104 cm³/mol. The van der Waals surface area contributed by atoms with Crippen LogP contribution >= 0.6 is 0 Å². The van der Waals surface area contributed by atoms with Crippen molar-refractivity contribution < 1.29 is 9.49 Å². The fraction of sp³-hybridized carbons (Fsp3) is 0.150. The number of pyridine rings is 1. The van der Waals surface area contributed by atoms with E-state index in [1.165, 1.54) is 17.7 Å². The number of non-ortho nitro benzene ring substituents is 1. The zero-order chi connectivity index (χ0) is 19.1. The normalized spacial score (nSPS) is 10.9. The lowest BCUT2D eigenvalue weighted by atomic mass is 10.2. The number of nitro groups is 1. The van der Waals surface area contributed by atoms with Gasteiger partial charge >= 0.3 is 0 Å². The van der Waals surface area contributed by atoms with E-state index in [1.807, 2.05) is 48.3 Å². The maximum atomic E-state index is 10.6. The average molecular weight is 362 g/mol. The van der Waals surface area contributed by atoms with Gasteiger partial charge in [-0.3, -0.25) is 10.1 Å². The van der Waals surface area contributed by atoms with E-state index in [-0.39, 0.29) is 5.69 Å². The first-order chi connectivity index (χ1) is 13.1. The molecule has 0 aliphatic heterocycles. The number of benzene rings is 2. The molecule has 3 rings (SSSR count). The molecule has 0 radical (unpaired) electrons. The van der Waals surface area contributed by atoms with Crippen LogP contribution in [0.5, 0.6) is 0 Å². The molecule has 136 valence electrons. The molecule has 0 aliphatic carbocycles. The molecular formula is C20H20N5O2+. The van der Waals surface area contributed by atoms with Gasteiger partial charge in [0.2, 0.25) is 0 Å². The Balaban J connectivity index is 1.52. The Morgan fingerprint density at radius 1 is 0.926 bits per heavy atom. The molecule has 1 heterocycles. The molecule has 0 fully saturated rings. The van der Waals surface area contributed by atoms with Crippen LogP contribution in [0.2, 0.25) is 0 Å². The molecule has 0 aliphatic rings. The van der Waals surface area contributed by atoms with E-state index < -0.39 is 4.92 Å². The fourth-order valence-electron chi connectivity index (χ4n) is 2.45. The lowest BCUT2D eigenvalue weighted by molar-refractivity contribution is -0.671. The molecule has 0 atom stereocenters. The monoisotopic (exact) mass is 362 g/mol. The molecule has 0 saturated heterocycles. The Morgan fingerprint density at radius 3 is 2.04 bits per heavy atom. The lowest BCUT2D eigenvalue weighted by Crippen LogP contribution is -2.26. The van der Waals surface area contributed by atoms with Gasteiger partial charge in [-0.2, -0.15) is 10.2 Å². The number of nitro benzene ring substituents is 1. The molecule has 0 unspecified atom stereocenters. The highest BCUT2D eigenvalue weighted by atomic mass is 16.6. The molecule has 27 heavy (non-hydrogen) atoms. The van der Waals surface area contributed by atoms with Gasteiger partial charge in [-0.15, -0.1) is 0 Å². The molecule has 3 aromatic rings. The van der Waals surface area contributed by atoms with Crippen LogP contribution in [0.1, 0.15) is 5.56 Å². The zero-order valence-corrected chi connectivity index (χ0v) is 14.9. The van der Waals surface area contributed by atoms with Crippen LogP contribution in [-0.4, -0.2) is 11.5 Å². The summed E-state index contributed by atoms with van der Waals surface area (Å²) in [5, 5.41) is 22.3. The molecule has 0 saturated carbocycles. The Morgan fingerprint density at radius 2 is 1.48 bits per heavy atom. The van der Waals surface area contributed by atoms with Gasteiger partial charge in [0.15, 0.2) is 12.4 Å². The summed E-state index contributed by atoms with van der Waals surface area (Å²) in [5.41, 5.74) is 3.63. The largest absolute Gasteiger partial charge is 0.385 e. The van der Waals surface area contributed by atoms with Crippen molar-refractivity contribution in [3.05, 3.63) is 88.7 Å². The van der Waals surface area contributed by atoms with Crippen molar-refractivity contribution in [3.63, 3.8) is 0 Å². The van der Waals surface area contributed by atoms with E-state index in [0.717, 1.165) is 24.3 Å². The van der Waals surface area contributed by atoms with Crippen LogP contribution < -0.4 is 9.88 Å². The molecule has 1 aromatic heterocycles. The van der Waals surface area contributed by atoms with E-state index >= 15 is 0 Å². The first kappa shape index (κ1) is 18.2. The number of hydrogen-bond donors (Lipinski definition) is 1. The summed E-state index contributed by atoms with van der Waals surface area (Å²) in [6.45, 7) is 0.845. The van der Waals surface area contributed by atoms with Gasteiger partial charge in [0, 0.05) is 36.5 Å². The van der Waals surface area contributed by atoms with Crippen molar-refractivity contribution in [1.29, 1.82) is 0 Å². The maximum absolute atomic E-state index is 10.6. The van der Waals surface area contributed by atoms with Gasteiger partial charge in [0.05, 0.1) is 16.3 Å². The van der Waals surface area contributed by atoms with Gasteiger partial charge in [-0.25, -0.2) is 4.57 Å². The first-order valence-corrected chi connectivity index (χ1v) is 8.54. The molecule has 1 N–H and O–H groups in total. The summed E-state index contributed by atoms with van der Waals surface area (Å²) in [5.74, 6) is 0. The van der Waals surface area contributed by atoms with E-state index in [0.29, 0.717) is 5.69 Å². The Kier molecular flexibility index (Phi) is 5.84. The third kappa shape index (κ3) is 5.43. The highest BCUT2D eigenvalue weighted by Crippen LogP contribution is 2.22. The molecule has 2 aromatic carbocycles. The summed E-state index contributed by atoms with van der Waals surface area (Å²) in [6.07, 6.45) is 5.03. The number of nitrogens with one attached hydrogen (secondary N) is 1. The topological polar surface area (TPSA) is 83.8 Å². The van der Waals surface area contributed by atoms with Gasteiger partial charge in [-0.1, -0.05) is 0 Å². The Hall–Kier alpha value is -3.61. The summed E-state index contributed by atoms with van der Waals surface area (Å²) in [6, 6.07) is 17.8. The van der Waals surface area contributed by atoms with Crippen LogP contribution in [0.4, 0.5) is 22.7 Å². The number of azo groups is 1. The van der Waals surface area contributed by atoms with Crippen molar-refractivity contribution in [2.45, 2.75) is 6.42 Å². The van der Waals surface area contributed by atoms with E-state index in [4.69, 9.17) is 0 Å². The third-order valence-corrected chi connectivity index (χ3v) is 4.00. The number of aromatic nitrogens is 1. The average Bonchev–Trinajstić information content (AvgIpc) is 2.69. The van der Waals surface area contributed by atoms with Crippen LogP contribution in [0.3, 0.4) is 0 Å². The lowest BCUT2D eigenvalue weighted by Gasteiger charge is -2.06. The van der Waals surface area contributed by atoms with Crippen molar-refractivity contribution in [3.8, 4) is 0 Å². The minimum atomic E-state index is -0.440. The number of hydrogen-bond acceptors (Lipinski definition) is 5. The minimum Gasteiger partial charge on any atom is -0.385 e. The van der Waals surface area contributed by atoms with E-state index in [2.05, 4.69) is 27.7 Å². The number of nitrogens with zero attached hydrogens (tertiary/aromatic N) is 4. The van der Waals surface area contributed by atoms with E-state index in [9.17, 15) is 10.1 Å². The SMILES string of the molecule is C[n+]1ccc(CCNc2ccc(N=Nc3ccc([N+](=O)[O-])cc3)cc2)cc1. The first-order valence-electron chi connectivity index (χ1n) is 8.54. The molecular weight excluding hydrogens is 342 g/mol. The summed E-state index contributed by atoms with van der Waals surface area (Å²) in [4.78, 5) is 10.2. The highest BCUT2D eigenvalue weighted by Gasteiger charge is 2.03. The summed E-state index contributed by atoms with van der Waals surface area (Å²) in [7, 11) is 2.00. The number of anilines is 1. The number of aryl methyl sites for hydroxylation is 1. The van der Waals surface area contributed by atoms with Crippen LogP contribution in [0.15, 0.2) is 83.3 Å². The molecule has 0 amide bonds. The van der Waals surface area contributed by atoms with Crippen molar-refractivity contribution in [2.75, 3.05) is 11.9 Å². The molecule has 7 nitrogen and oxygen atoms in total.